The van der Waals surface area contributed by atoms with Gasteiger partial charge in [0.2, 0.25) is 0 Å². The Morgan fingerprint density at radius 2 is 0.873 bits per heavy atom. The molecule has 2 aromatic heterocycles. The maximum atomic E-state index is 6.70. The van der Waals surface area contributed by atoms with E-state index in [2.05, 4.69) is 203 Å². The maximum Gasteiger partial charge on any atom is 0.0710 e. The first kappa shape index (κ1) is 32.5. The van der Waals surface area contributed by atoms with Gasteiger partial charge in [-0.3, -0.25) is 4.68 Å². The molecule has 0 fully saturated rings. The number of hydrogen-bond acceptors (Lipinski definition) is 2. The molecule has 8 aromatic carbocycles. The Morgan fingerprint density at radius 3 is 1.58 bits per heavy atom. The number of nitrogens with two attached hydrogens (primary N) is 1. The minimum Gasteiger partial charge on any atom is -0.321 e. The Hall–Kier alpha value is -7.14. The minimum absolute atomic E-state index is 0.264. The van der Waals surface area contributed by atoms with E-state index in [4.69, 9.17) is 5.73 Å². The van der Waals surface area contributed by atoms with Crippen LogP contribution in [0.2, 0.25) is 0 Å². The summed E-state index contributed by atoms with van der Waals surface area (Å²) in [6, 6.07) is 68.9. The van der Waals surface area contributed by atoms with Crippen LogP contribution in [0.1, 0.15) is 11.6 Å². The van der Waals surface area contributed by atoms with Gasteiger partial charge in [0.05, 0.1) is 22.1 Å². The van der Waals surface area contributed by atoms with Crippen molar-refractivity contribution in [2.75, 3.05) is 5.43 Å². The molecule has 10 rings (SSSR count). The number of benzene rings is 8. The first-order valence-corrected chi connectivity index (χ1v) is 18.8. The van der Waals surface area contributed by atoms with Crippen LogP contribution in [0, 0.1) is 0 Å². The van der Waals surface area contributed by atoms with Gasteiger partial charge in [0.25, 0.3) is 0 Å². The highest BCUT2D eigenvalue weighted by molar-refractivity contribution is 6.12. The molecule has 0 aliphatic heterocycles. The fourth-order valence-corrected chi connectivity index (χ4v) is 8.04. The average Bonchev–Trinajstić information content (AvgIpc) is 3.76. The first-order chi connectivity index (χ1) is 27.2. The van der Waals surface area contributed by atoms with E-state index in [1.54, 1.807) is 0 Å². The van der Waals surface area contributed by atoms with E-state index in [9.17, 15) is 0 Å². The van der Waals surface area contributed by atoms with Crippen molar-refractivity contribution in [2.24, 2.45) is 5.73 Å². The van der Waals surface area contributed by atoms with Gasteiger partial charge in [-0.2, -0.15) is 0 Å². The number of nitrogens with one attached hydrogen (secondary N) is 1. The molecule has 0 radical (unpaired) electrons. The van der Waals surface area contributed by atoms with Crippen LogP contribution in [0.15, 0.2) is 206 Å². The van der Waals surface area contributed by atoms with Gasteiger partial charge in [-0.1, -0.05) is 140 Å². The third-order valence-corrected chi connectivity index (χ3v) is 10.8. The predicted molar refractivity (Wildman–Crippen MR) is 232 cm³/mol. The molecule has 1 atom stereocenters. The topological polar surface area (TPSA) is 47.9 Å². The fraction of sp³-hybridized carbons (Fsp3) is 0.0196. The molecule has 1 unspecified atom stereocenters. The molecule has 0 amide bonds. The summed E-state index contributed by atoms with van der Waals surface area (Å²) in [4.78, 5) is 0. The lowest BCUT2D eigenvalue weighted by molar-refractivity contribution is 0.903. The molecule has 3 N–H and O–H groups in total. The average molecular weight is 707 g/mol. The molecule has 10 aromatic rings. The van der Waals surface area contributed by atoms with E-state index in [-0.39, 0.29) is 6.04 Å². The van der Waals surface area contributed by atoms with Crippen molar-refractivity contribution < 1.29 is 0 Å². The van der Waals surface area contributed by atoms with Crippen molar-refractivity contribution in [2.45, 2.75) is 6.04 Å². The fourth-order valence-electron chi connectivity index (χ4n) is 8.04. The molecule has 0 aliphatic rings. The minimum atomic E-state index is -0.264. The number of fused-ring (bicyclic) bond motifs is 6. The van der Waals surface area contributed by atoms with E-state index in [0.29, 0.717) is 0 Å². The summed E-state index contributed by atoms with van der Waals surface area (Å²) in [5.41, 5.74) is 24.2. The van der Waals surface area contributed by atoms with Crippen molar-refractivity contribution in [1.29, 1.82) is 0 Å². The molecular weight excluding hydrogens is 669 g/mol. The van der Waals surface area contributed by atoms with E-state index in [1.165, 1.54) is 66.0 Å². The number of nitrogens with zero attached hydrogens (tertiary/aromatic N) is 2. The molecule has 0 saturated carbocycles. The van der Waals surface area contributed by atoms with Gasteiger partial charge in [0.15, 0.2) is 0 Å². The summed E-state index contributed by atoms with van der Waals surface area (Å²) >= 11 is 0. The zero-order valence-corrected chi connectivity index (χ0v) is 30.2. The summed E-state index contributed by atoms with van der Waals surface area (Å²) in [6.07, 6.45) is 3.97. The molecular formula is C51H38N4. The maximum absolute atomic E-state index is 6.70. The van der Waals surface area contributed by atoms with Crippen LogP contribution in [0.5, 0.6) is 0 Å². The lowest BCUT2D eigenvalue weighted by atomic mass is 9.97. The molecule has 4 heteroatoms. The van der Waals surface area contributed by atoms with Crippen molar-refractivity contribution >= 4 is 43.6 Å². The van der Waals surface area contributed by atoms with Crippen LogP contribution in [-0.2, 0) is 0 Å². The Kier molecular flexibility index (Phi) is 8.09. The Morgan fingerprint density at radius 1 is 0.400 bits per heavy atom. The first-order valence-electron chi connectivity index (χ1n) is 18.8. The third kappa shape index (κ3) is 5.86. The van der Waals surface area contributed by atoms with Gasteiger partial charge in [0.1, 0.15) is 0 Å². The van der Waals surface area contributed by atoms with Crippen LogP contribution in [0.4, 0.5) is 0 Å². The summed E-state index contributed by atoms with van der Waals surface area (Å²) < 4.78 is 4.51. The Balaban J connectivity index is 0.932. The number of hydrogen-bond donors (Lipinski definition) is 2. The smallest absolute Gasteiger partial charge is 0.0710 e. The second-order valence-electron chi connectivity index (χ2n) is 14.1. The lowest BCUT2D eigenvalue weighted by Crippen LogP contribution is -2.11. The van der Waals surface area contributed by atoms with Crippen LogP contribution >= 0.6 is 0 Å². The molecule has 55 heavy (non-hydrogen) atoms. The number of aromatic nitrogens is 2. The second-order valence-corrected chi connectivity index (χ2v) is 14.1. The van der Waals surface area contributed by atoms with Crippen LogP contribution in [0.3, 0.4) is 0 Å². The zero-order valence-electron chi connectivity index (χ0n) is 30.2. The van der Waals surface area contributed by atoms with Gasteiger partial charge in [0, 0.05) is 39.5 Å². The van der Waals surface area contributed by atoms with E-state index < -0.39 is 0 Å². The second kappa shape index (κ2) is 13.7. The Bertz CT molecular complexity index is 3010. The molecule has 4 nitrogen and oxygen atoms in total. The third-order valence-electron chi connectivity index (χ3n) is 10.8. The van der Waals surface area contributed by atoms with Crippen molar-refractivity contribution in [3.05, 3.63) is 212 Å². The van der Waals surface area contributed by atoms with Gasteiger partial charge < -0.3 is 15.7 Å². The summed E-state index contributed by atoms with van der Waals surface area (Å²) in [5, 5.41) is 4.88. The van der Waals surface area contributed by atoms with Gasteiger partial charge in [-0.05, 0) is 99.6 Å². The van der Waals surface area contributed by atoms with Gasteiger partial charge >= 0.3 is 0 Å². The highest BCUT2D eigenvalue weighted by Crippen LogP contribution is 2.37. The summed E-state index contributed by atoms with van der Waals surface area (Å²) in [7, 11) is 0. The molecule has 0 aliphatic carbocycles. The summed E-state index contributed by atoms with van der Waals surface area (Å²) in [6.45, 7) is 0. The molecule has 0 bridgehead atoms. The molecule has 0 spiro atoms. The van der Waals surface area contributed by atoms with Crippen molar-refractivity contribution in [1.82, 2.24) is 9.24 Å². The van der Waals surface area contributed by atoms with Crippen molar-refractivity contribution in [3.63, 3.8) is 0 Å². The number of para-hydroxylation sites is 3. The quantitative estimate of drug-likeness (QED) is 0.165. The lowest BCUT2D eigenvalue weighted by Gasteiger charge is -2.11. The summed E-state index contributed by atoms with van der Waals surface area (Å²) in [5.74, 6) is 0. The van der Waals surface area contributed by atoms with Crippen LogP contribution in [0.25, 0.3) is 82.7 Å². The highest BCUT2D eigenvalue weighted by Gasteiger charge is 2.15. The van der Waals surface area contributed by atoms with Crippen molar-refractivity contribution in [3.8, 4) is 39.1 Å². The SMILES string of the molecule is NC(/C=C\Nn1c2ccccc2c2cc(-c3ccc4c(c3)c3ccccc3n4-c3ccccc3)ccc21)c1ccc(-c2cccc(-c3ccccc3)c2)cc1. The largest absolute Gasteiger partial charge is 0.321 e. The molecule has 0 saturated heterocycles. The van der Waals surface area contributed by atoms with E-state index in [0.717, 1.165) is 22.3 Å². The molecule has 2 heterocycles. The van der Waals surface area contributed by atoms with Gasteiger partial charge in [-0.25, -0.2) is 0 Å². The monoisotopic (exact) mass is 706 g/mol. The normalized spacial score (nSPS) is 12.3. The van der Waals surface area contributed by atoms with E-state index >= 15 is 0 Å². The predicted octanol–water partition coefficient (Wildman–Crippen LogP) is 12.6. The highest BCUT2D eigenvalue weighted by atomic mass is 15.4. The van der Waals surface area contributed by atoms with Crippen LogP contribution in [-0.4, -0.2) is 9.24 Å². The van der Waals surface area contributed by atoms with E-state index in [1.807, 2.05) is 18.3 Å². The standard InChI is InChI=1S/C51H38N4/c52-47(37-24-22-36(23-25-37)39-15-11-14-38(32-39)35-12-3-1-4-13-35)30-31-53-55-50-21-10-8-19-44(50)46-34-41(27-29-51(46)55)40-26-28-49-45(33-40)43-18-7-9-20-48(43)54(49)42-16-5-2-6-17-42/h1-34,47,53H,52H2/b31-30-. The zero-order chi connectivity index (χ0) is 36.7. The van der Waals surface area contributed by atoms with Crippen LogP contribution < -0.4 is 11.2 Å². The molecule has 262 valence electrons. The number of rotatable bonds is 8. The van der Waals surface area contributed by atoms with Gasteiger partial charge in [-0.15, -0.1) is 0 Å². The Labute approximate surface area is 320 Å².